The van der Waals surface area contributed by atoms with Gasteiger partial charge in [0, 0.05) is 23.1 Å². The summed E-state index contributed by atoms with van der Waals surface area (Å²) in [6.07, 6.45) is 2.81. The van der Waals surface area contributed by atoms with E-state index < -0.39 is 0 Å². The molecule has 1 rings (SSSR count). The predicted molar refractivity (Wildman–Crippen MR) is 61.9 cm³/mol. The Kier molecular flexibility index (Phi) is 5.09. The van der Waals surface area contributed by atoms with Gasteiger partial charge in [0.15, 0.2) is 0 Å². The Morgan fingerprint density at radius 3 is 2.62 bits per heavy atom. The van der Waals surface area contributed by atoms with Gasteiger partial charge in [-0.1, -0.05) is 28.1 Å². The zero-order valence-electron chi connectivity index (χ0n) is 7.21. The van der Waals surface area contributed by atoms with Crippen LogP contribution in [0.3, 0.4) is 0 Å². The maximum absolute atomic E-state index is 5.52. The Labute approximate surface area is 92.0 Å². The van der Waals surface area contributed by atoms with E-state index in [1.165, 1.54) is 0 Å². The van der Waals surface area contributed by atoms with Crippen LogP contribution >= 0.6 is 27.5 Å². The van der Waals surface area contributed by atoms with Crippen molar-refractivity contribution < 1.29 is 0 Å². The quantitative estimate of drug-likeness (QED) is 0.446. The molecular formula is C10H11BrClN. The molecule has 0 aliphatic carbocycles. The zero-order valence-corrected chi connectivity index (χ0v) is 9.55. The first kappa shape index (κ1) is 10.7. The number of rotatable bonds is 4. The average molecular weight is 261 g/mol. The molecule has 0 aliphatic heterocycles. The van der Waals surface area contributed by atoms with Crippen LogP contribution in [-0.2, 0) is 0 Å². The van der Waals surface area contributed by atoms with E-state index in [4.69, 9.17) is 11.6 Å². The van der Waals surface area contributed by atoms with Gasteiger partial charge >= 0.3 is 0 Å². The van der Waals surface area contributed by atoms with Crippen LogP contribution in [0.5, 0.6) is 0 Å². The second-order valence-corrected chi connectivity index (χ2v) is 3.92. The Morgan fingerprint density at radius 2 is 2.00 bits per heavy atom. The third kappa shape index (κ3) is 4.44. The Morgan fingerprint density at radius 1 is 1.31 bits per heavy atom. The molecule has 0 atom stereocenters. The Hall–Kier alpha value is -0.340. The molecule has 1 aromatic rings. The SMILES string of the molecule is ClCCCN=Cc1ccc(Br)cc1. The number of nitrogens with zero attached hydrogens (tertiary/aromatic N) is 1. The lowest BCUT2D eigenvalue weighted by atomic mass is 10.2. The zero-order chi connectivity index (χ0) is 9.52. The number of hydrogen-bond acceptors (Lipinski definition) is 1. The second kappa shape index (κ2) is 6.17. The van der Waals surface area contributed by atoms with Crippen LogP contribution in [0.25, 0.3) is 0 Å². The molecule has 13 heavy (non-hydrogen) atoms. The summed E-state index contributed by atoms with van der Waals surface area (Å²) in [5.41, 5.74) is 1.12. The summed E-state index contributed by atoms with van der Waals surface area (Å²) in [4.78, 5) is 4.24. The van der Waals surface area contributed by atoms with Gasteiger partial charge in [0.25, 0.3) is 0 Å². The Balaban J connectivity index is 2.44. The van der Waals surface area contributed by atoms with Gasteiger partial charge in [-0.2, -0.15) is 0 Å². The van der Waals surface area contributed by atoms with Crippen LogP contribution in [-0.4, -0.2) is 18.6 Å². The summed E-state index contributed by atoms with van der Waals surface area (Å²) in [5.74, 6) is 0.678. The van der Waals surface area contributed by atoms with Crippen LogP contribution in [0.1, 0.15) is 12.0 Å². The fourth-order valence-corrected chi connectivity index (χ4v) is 1.25. The monoisotopic (exact) mass is 259 g/mol. The Bertz CT molecular complexity index is 269. The molecule has 70 valence electrons. The molecule has 0 spiro atoms. The summed E-state index contributed by atoms with van der Waals surface area (Å²) < 4.78 is 1.09. The second-order valence-electron chi connectivity index (χ2n) is 2.63. The van der Waals surface area contributed by atoms with Crippen LogP contribution in [0.4, 0.5) is 0 Å². The molecule has 1 aromatic carbocycles. The first-order valence-electron chi connectivity index (χ1n) is 4.14. The smallest absolute Gasteiger partial charge is 0.0400 e. The van der Waals surface area contributed by atoms with Gasteiger partial charge in [-0.3, -0.25) is 4.99 Å². The number of aliphatic imine (C=N–C) groups is 1. The van der Waals surface area contributed by atoms with Crippen molar-refractivity contribution >= 4 is 33.7 Å². The van der Waals surface area contributed by atoms with Crippen molar-refractivity contribution in [2.45, 2.75) is 6.42 Å². The van der Waals surface area contributed by atoms with Crippen molar-refractivity contribution in [2.75, 3.05) is 12.4 Å². The highest BCUT2D eigenvalue weighted by Crippen LogP contribution is 2.08. The predicted octanol–water partition coefficient (Wildman–Crippen LogP) is 3.50. The molecule has 0 unspecified atom stereocenters. The minimum absolute atomic E-state index is 0.678. The first-order chi connectivity index (χ1) is 6.33. The molecule has 0 aliphatic rings. The molecule has 0 fully saturated rings. The summed E-state index contributed by atoms with van der Waals surface area (Å²) in [6, 6.07) is 8.05. The number of hydrogen-bond donors (Lipinski definition) is 0. The van der Waals surface area contributed by atoms with Gasteiger partial charge in [-0.05, 0) is 24.1 Å². The number of benzene rings is 1. The van der Waals surface area contributed by atoms with E-state index >= 15 is 0 Å². The highest BCUT2D eigenvalue weighted by atomic mass is 79.9. The van der Waals surface area contributed by atoms with Crippen molar-refractivity contribution in [3.63, 3.8) is 0 Å². The number of halogens is 2. The van der Waals surface area contributed by atoms with Crippen molar-refractivity contribution in [1.29, 1.82) is 0 Å². The molecule has 0 amide bonds. The molecule has 0 N–H and O–H groups in total. The van der Waals surface area contributed by atoms with E-state index in [0.717, 1.165) is 23.0 Å². The molecule has 3 heteroatoms. The van der Waals surface area contributed by atoms with Gasteiger partial charge < -0.3 is 0 Å². The summed E-state index contributed by atoms with van der Waals surface area (Å²) in [5, 5.41) is 0. The highest BCUT2D eigenvalue weighted by Gasteiger charge is 1.87. The fraction of sp³-hybridized carbons (Fsp3) is 0.300. The van der Waals surface area contributed by atoms with E-state index in [1.54, 1.807) is 0 Å². The van der Waals surface area contributed by atoms with E-state index in [2.05, 4.69) is 20.9 Å². The molecule has 0 saturated heterocycles. The maximum Gasteiger partial charge on any atom is 0.0400 e. The van der Waals surface area contributed by atoms with Gasteiger partial charge in [0.2, 0.25) is 0 Å². The molecule has 0 aromatic heterocycles. The van der Waals surface area contributed by atoms with Crippen molar-refractivity contribution in [3.8, 4) is 0 Å². The van der Waals surface area contributed by atoms with Crippen molar-refractivity contribution in [3.05, 3.63) is 34.3 Å². The van der Waals surface area contributed by atoms with Crippen LogP contribution in [0.2, 0.25) is 0 Å². The molecule has 0 heterocycles. The standard InChI is InChI=1S/C10H11BrClN/c11-10-4-2-9(3-5-10)8-13-7-1-6-12/h2-5,8H,1,6-7H2. The first-order valence-corrected chi connectivity index (χ1v) is 5.47. The minimum Gasteiger partial charge on any atom is -0.293 e. The topological polar surface area (TPSA) is 12.4 Å². The van der Waals surface area contributed by atoms with E-state index in [0.29, 0.717) is 5.88 Å². The fourth-order valence-electron chi connectivity index (χ4n) is 0.870. The lowest BCUT2D eigenvalue weighted by Gasteiger charge is -1.93. The van der Waals surface area contributed by atoms with Crippen LogP contribution in [0, 0.1) is 0 Å². The van der Waals surface area contributed by atoms with E-state index in [9.17, 15) is 0 Å². The molecule has 0 saturated carbocycles. The summed E-state index contributed by atoms with van der Waals surface area (Å²) in [7, 11) is 0. The summed E-state index contributed by atoms with van der Waals surface area (Å²) >= 11 is 8.90. The lowest BCUT2D eigenvalue weighted by molar-refractivity contribution is 0.943. The van der Waals surface area contributed by atoms with Gasteiger partial charge in [-0.25, -0.2) is 0 Å². The third-order valence-electron chi connectivity index (χ3n) is 1.53. The molecular weight excluding hydrogens is 249 g/mol. The van der Waals surface area contributed by atoms with Crippen molar-refractivity contribution in [1.82, 2.24) is 0 Å². The van der Waals surface area contributed by atoms with Crippen LogP contribution < -0.4 is 0 Å². The largest absolute Gasteiger partial charge is 0.293 e. The highest BCUT2D eigenvalue weighted by molar-refractivity contribution is 9.10. The van der Waals surface area contributed by atoms with E-state index in [1.807, 2.05) is 30.5 Å². The summed E-state index contributed by atoms with van der Waals surface area (Å²) in [6.45, 7) is 0.805. The van der Waals surface area contributed by atoms with E-state index in [-0.39, 0.29) is 0 Å². The van der Waals surface area contributed by atoms with Crippen molar-refractivity contribution in [2.24, 2.45) is 4.99 Å². The van der Waals surface area contributed by atoms with Crippen LogP contribution in [0.15, 0.2) is 33.7 Å². The minimum atomic E-state index is 0.678. The maximum atomic E-state index is 5.52. The molecule has 0 bridgehead atoms. The normalized spacial score (nSPS) is 10.9. The lowest BCUT2D eigenvalue weighted by Crippen LogP contribution is -1.85. The average Bonchev–Trinajstić information content (AvgIpc) is 2.15. The van der Waals surface area contributed by atoms with Gasteiger partial charge in [0.05, 0.1) is 0 Å². The molecule has 1 nitrogen and oxygen atoms in total. The number of alkyl halides is 1. The van der Waals surface area contributed by atoms with Gasteiger partial charge in [0.1, 0.15) is 0 Å². The third-order valence-corrected chi connectivity index (χ3v) is 2.33. The molecule has 0 radical (unpaired) electrons. The van der Waals surface area contributed by atoms with Gasteiger partial charge in [-0.15, -0.1) is 11.6 Å².